The van der Waals surface area contributed by atoms with Gasteiger partial charge >= 0.3 is 0 Å². The molecule has 3 amide bonds. The van der Waals surface area contributed by atoms with E-state index in [1.54, 1.807) is 17.5 Å². The molecule has 0 spiro atoms. The lowest BCUT2D eigenvalue weighted by Gasteiger charge is -2.18. The first kappa shape index (κ1) is 16.7. The van der Waals surface area contributed by atoms with Crippen molar-refractivity contribution in [2.45, 2.75) is 19.4 Å². The van der Waals surface area contributed by atoms with Crippen LogP contribution in [0.25, 0.3) is 0 Å². The lowest BCUT2D eigenvalue weighted by Crippen LogP contribution is -2.52. The van der Waals surface area contributed by atoms with Gasteiger partial charge < -0.3 is 5.32 Å². The van der Waals surface area contributed by atoms with Crippen LogP contribution in [0.1, 0.15) is 22.2 Å². The molecule has 0 aliphatic rings. The average Bonchev–Trinajstić information content (AvgIpc) is 3.07. The van der Waals surface area contributed by atoms with Crippen LogP contribution in [-0.2, 0) is 16.0 Å². The van der Waals surface area contributed by atoms with Crippen molar-refractivity contribution in [2.75, 3.05) is 0 Å². The number of hydrogen-bond donors (Lipinski definition) is 3. The number of rotatable bonds is 5. The maximum Gasteiger partial charge on any atom is 0.262 e. The van der Waals surface area contributed by atoms with Crippen LogP contribution in [0.4, 0.5) is 0 Å². The Morgan fingerprint density at radius 2 is 1.78 bits per heavy atom. The summed E-state index contributed by atoms with van der Waals surface area (Å²) in [6.45, 7) is 1.29. The second kappa shape index (κ2) is 8.09. The van der Waals surface area contributed by atoms with Crippen molar-refractivity contribution in [1.82, 2.24) is 16.2 Å². The van der Waals surface area contributed by atoms with Gasteiger partial charge in [0.15, 0.2) is 0 Å². The lowest BCUT2D eigenvalue weighted by molar-refractivity contribution is -0.129. The molecule has 0 aliphatic heterocycles. The number of amides is 3. The summed E-state index contributed by atoms with van der Waals surface area (Å²) in [4.78, 5) is 35.9. The third-order valence-electron chi connectivity index (χ3n) is 3.01. The number of hydrogen-bond acceptors (Lipinski definition) is 4. The van der Waals surface area contributed by atoms with E-state index in [0.29, 0.717) is 11.3 Å². The monoisotopic (exact) mass is 331 g/mol. The average molecular weight is 331 g/mol. The number of hydrazine groups is 1. The molecule has 1 aromatic carbocycles. The van der Waals surface area contributed by atoms with Crippen LogP contribution in [0.5, 0.6) is 0 Å². The van der Waals surface area contributed by atoms with Crippen molar-refractivity contribution in [3.05, 3.63) is 58.3 Å². The second-order valence-electron chi connectivity index (χ2n) is 4.86. The summed E-state index contributed by atoms with van der Waals surface area (Å²) in [7, 11) is 0. The fourth-order valence-electron chi connectivity index (χ4n) is 1.93. The van der Waals surface area contributed by atoms with E-state index in [1.165, 1.54) is 18.3 Å². The van der Waals surface area contributed by atoms with Crippen molar-refractivity contribution in [1.29, 1.82) is 0 Å². The smallest absolute Gasteiger partial charge is 0.262 e. The molecule has 0 saturated carbocycles. The lowest BCUT2D eigenvalue weighted by atomic mass is 10.1. The van der Waals surface area contributed by atoms with Crippen LogP contribution in [0.3, 0.4) is 0 Å². The van der Waals surface area contributed by atoms with E-state index in [9.17, 15) is 14.4 Å². The number of thiophene rings is 1. The van der Waals surface area contributed by atoms with Crippen LogP contribution in [0, 0.1) is 0 Å². The van der Waals surface area contributed by atoms with Gasteiger partial charge in [0.05, 0.1) is 4.88 Å². The molecular formula is C16H17N3O3S. The molecule has 120 valence electrons. The third-order valence-corrected chi connectivity index (χ3v) is 3.88. The molecule has 1 heterocycles. The Morgan fingerprint density at radius 1 is 1.04 bits per heavy atom. The van der Waals surface area contributed by atoms with Gasteiger partial charge in [-0.2, -0.15) is 0 Å². The topological polar surface area (TPSA) is 87.3 Å². The van der Waals surface area contributed by atoms with Gasteiger partial charge in [-0.25, -0.2) is 0 Å². The Balaban J connectivity index is 2.08. The van der Waals surface area contributed by atoms with Crippen LogP contribution in [0.15, 0.2) is 47.8 Å². The van der Waals surface area contributed by atoms with Gasteiger partial charge in [0.2, 0.25) is 5.91 Å². The highest BCUT2D eigenvalue weighted by molar-refractivity contribution is 7.12. The Bertz CT molecular complexity index is 671. The summed E-state index contributed by atoms with van der Waals surface area (Å²) in [5.74, 6) is -1.19. The van der Waals surface area contributed by atoms with Gasteiger partial charge in [0.1, 0.15) is 6.04 Å². The standard InChI is InChI=1S/C16H17N3O3S/c1-11(20)18-19-15(21)13(10-12-6-3-2-4-7-12)17-16(22)14-8-5-9-23-14/h2-9,13H,10H2,1H3,(H,17,22)(H,18,20)(H,19,21)/t13-/m0/s1. The molecule has 0 unspecified atom stereocenters. The van der Waals surface area contributed by atoms with Gasteiger partial charge in [0, 0.05) is 13.3 Å². The van der Waals surface area contributed by atoms with E-state index in [-0.39, 0.29) is 11.8 Å². The third kappa shape index (κ3) is 5.23. The Morgan fingerprint density at radius 3 is 2.39 bits per heavy atom. The first-order chi connectivity index (χ1) is 11.1. The number of carbonyl (C=O) groups excluding carboxylic acids is 3. The predicted octanol–water partition coefficient (Wildman–Crippen LogP) is 1.26. The van der Waals surface area contributed by atoms with E-state index in [2.05, 4.69) is 16.2 Å². The van der Waals surface area contributed by atoms with Gasteiger partial charge in [0.25, 0.3) is 11.8 Å². The SMILES string of the molecule is CC(=O)NNC(=O)[C@H](Cc1ccccc1)NC(=O)c1cccs1. The summed E-state index contributed by atoms with van der Waals surface area (Å²) >= 11 is 1.30. The normalized spacial score (nSPS) is 11.3. The summed E-state index contributed by atoms with van der Waals surface area (Å²) in [6, 6.07) is 12.0. The molecule has 0 fully saturated rings. The van der Waals surface area contributed by atoms with Crippen LogP contribution < -0.4 is 16.2 Å². The highest BCUT2D eigenvalue weighted by Crippen LogP contribution is 2.10. The molecule has 1 atom stereocenters. The van der Waals surface area contributed by atoms with Crippen molar-refractivity contribution in [3.63, 3.8) is 0 Å². The number of carbonyl (C=O) groups is 3. The molecule has 23 heavy (non-hydrogen) atoms. The number of nitrogens with one attached hydrogen (secondary N) is 3. The highest BCUT2D eigenvalue weighted by Gasteiger charge is 2.22. The van der Waals surface area contributed by atoms with E-state index >= 15 is 0 Å². The second-order valence-corrected chi connectivity index (χ2v) is 5.81. The van der Waals surface area contributed by atoms with Gasteiger partial charge in [-0.1, -0.05) is 36.4 Å². The van der Waals surface area contributed by atoms with Crippen molar-refractivity contribution >= 4 is 29.1 Å². The van der Waals surface area contributed by atoms with Crippen molar-refractivity contribution in [3.8, 4) is 0 Å². The number of benzene rings is 1. The minimum atomic E-state index is -0.793. The fraction of sp³-hybridized carbons (Fsp3) is 0.188. The Kier molecular flexibility index (Phi) is 5.87. The molecule has 6 nitrogen and oxygen atoms in total. The van der Waals surface area contributed by atoms with E-state index in [4.69, 9.17) is 0 Å². The zero-order chi connectivity index (χ0) is 16.7. The van der Waals surface area contributed by atoms with Gasteiger partial charge in [-0.05, 0) is 17.0 Å². The molecule has 2 rings (SSSR count). The van der Waals surface area contributed by atoms with E-state index in [1.807, 2.05) is 30.3 Å². The fourth-order valence-corrected chi connectivity index (χ4v) is 2.56. The molecule has 2 aromatic rings. The Hall–Kier alpha value is -2.67. The van der Waals surface area contributed by atoms with Crippen molar-refractivity contribution < 1.29 is 14.4 Å². The molecule has 0 aliphatic carbocycles. The van der Waals surface area contributed by atoms with Crippen LogP contribution >= 0.6 is 11.3 Å². The van der Waals surface area contributed by atoms with Crippen molar-refractivity contribution in [2.24, 2.45) is 0 Å². The maximum absolute atomic E-state index is 12.2. The molecule has 1 aromatic heterocycles. The minimum absolute atomic E-state index is 0.320. The molecule has 7 heteroatoms. The van der Waals surface area contributed by atoms with E-state index < -0.39 is 11.9 Å². The van der Waals surface area contributed by atoms with E-state index in [0.717, 1.165) is 5.56 Å². The zero-order valence-corrected chi connectivity index (χ0v) is 13.4. The van der Waals surface area contributed by atoms with Gasteiger partial charge in [-0.15, -0.1) is 11.3 Å². The highest BCUT2D eigenvalue weighted by atomic mass is 32.1. The summed E-state index contributed by atoms with van der Waals surface area (Å²) < 4.78 is 0. The molecule has 3 N–H and O–H groups in total. The largest absolute Gasteiger partial charge is 0.339 e. The molecular weight excluding hydrogens is 314 g/mol. The first-order valence-corrected chi connectivity index (χ1v) is 7.89. The minimum Gasteiger partial charge on any atom is -0.339 e. The molecule has 0 saturated heterocycles. The quantitative estimate of drug-likeness (QED) is 0.721. The zero-order valence-electron chi connectivity index (χ0n) is 12.5. The van der Waals surface area contributed by atoms with Crippen LogP contribution in [-0.4, -0.2) is 23.8 Å². The summed E-state index contributed by atoms with van der Waals surface area (Å²) in [5, 5.41) is 4.49. The predicted molar refractivity (Wildman–Crippen MR) is 87.7 cm³/mol. The van der Waals surface area contributed by atoms with Crippen LogP contribution in [0.2, 0.25) is 0 Å². The first-order valence-electron chi connectivity index (χ1n) is 7.01. The molecule has 0 radical (unpaired) electrons. The maximum atomic E-state index is 12.2. The van der Waals surface area contributed by atoms with Gasteiger partial charge in [-0.3, -0.25) is 25.2 Å². The Labute approximate surface area is 137 Å². The molecule has 0 bridgehead atoms. The summed E-state index contributed by atoms with van der Waals surface area (Å²) in [6.07, 6.45) is 0.323. The summed E-state index contributed by atoms with van der Waals surface area (Å²) in [5.41, 5.74) is 5.44.